The van der Waals surface area contributed by atoms with Crippen LogP contribution in [-0.2, 0) is 0 Å². The van der Waals surface area contributed by atoms with Gasteiger partial charge < -0.3 is 15.4 Å². The van der Waals surface area contributed by atoms with Gasteiger partial charge in [0.2, 0.25) is 0 Å². The average molecular weight is 328 g/mol. The lowest BCUT2D eigenvalue weighted by Gasteiger charge is -2.18. The highest BCUT2D eigenvalue weighted by atomic mass is 32.1. The van der Waals surface area contributed by atoms with Crippen molar-refractivity contribution < 1.29 is 4.74 Å². The van der Waals surface area contributed by atoms with Crippen molar-refractivity contribution in [2.45, 2.75) is 33.7 Å². The first-order valence-corrected chi connectivity index (χ1v) is 8.28. The highest BCUT2D eigenvalue weighted by Crippen LogP contribution is 2.19. The molecule has 2 N–H and O–H groups in total. The summed E-state index contributed by atoms with van der Waals surface area (Å²) in [5.41, 5.74) is 4.73. The monoisotopic (exact) mass is 328 g/mol. The molecule has 2 rings (SSSR count). The second-order valence-electron chi connectivity index (χ2n) is 5.62. The molecule has 2 aromatic rings. The van der Waals surface area contributed by atoms with Gasteiger partial charge in [0, 0.05) is 11.8 Å². The summed E-state index contributed by atoms with van der Waals surface area (Å²) in [6, 6.07) is 14.4. The second-order valence-corrected chi connectivity index (χ2v) is 6.03. The van der Waals surface area contributed by atoms with E-state index in [0.29, 0.717) is 11.7 Å². The first-order chi connectivity index (χ1) is 11.0. The Bertz CT molecular complexity index is 685. The van der Waals surface area contributed by atoms with Crippen LogP contribution in [0.3, 0.4) is 0 Å². The number of thiocarbonyl (C=S) groups is 1. The first kappa shape index (κ1) is 17.3. The van der Waals surface area contributed by atoms with E-state index >= 15 is 0 Å². The minimum absolute atomic E-state index is 0.143. The van der Waals surface area contributed by atoms with Crippen LogP contribution < -0.4 is 15.4 Å². The van der Waals surface area contributed by atoms with Crippen molar-refractivity contribution in [2.75, 3.05) is 11.9 Å². The van der Waals surface area contributed by atoms with Crippen LogP contribution in [0.15, 0.2) is 42.5 Å². The molecule has 0 aromatic heterocycles. The van der Waals surface area contributed by atoms with Crippen molar-refractivity contribution in [1.82, 2.24) is 5.32 Å². The number of benzene rings is 2. The third-order valence-corrected chi connectivity index (χ3v) is 4.00. The number of ether oxygens (including phenoxy) is 1. The van der Waals surface area contributed by atoms with Crippen molar-refractivity contribution in [3.63, 3.8) is 0 Å². The lowest BCUT2D eigenvalue weighted by atomic mass is 10.0. The summed E-state index contributed by atoms with van der Waals surface area (Å²) >= 11 is 5.42. The Kier molecular flexibility index (Phi) is 5.99. The van der Waals surface area contributed by atoms with Gasteiger partial charge in [0.05, 0.1) is 12.6 Å². The number of anilines is 1. The second kappa shape index (κ2) is 7.97. The molecular formula is C19H24N2OS. The van der Waals surface area contributed by atoms with E-state index in [1.807, 2.05) is 31.2 Å². The maximum atomic E-state index is 5.50. The smallest absolute Gasteiger partial charge is 0.171 e. The largest absolute Gasteiger partial charge is 0.494 e. The van der Waals surface area contributed by atoms with Crippen LogP contribution in [0.4, 0.5) is 5.69 Å². The standard InChI is InChI=1S/C19H24N2OS/c1-5-22-18-8-6-7-17(12-18)21-19(23)20-15(4)16-10-9-13(2)14(3)11-16/h6-12,15H,5H2,1-4H3,(H2,20,21,23). The molecule has 0 aliphatic carbocycles. The molecule has 3 nitrogen and oxygen atoms in total. The summed E-state index contributed by atoms with van der Waals surface area (Å²) < 4.78 is 5.50. The van der Waals surface area contributed by atoms with Gasteiger partial charge in [-0.2, -0.15) is 0 Å². The fraction of sp³-hybridized carbons (Fsp3) is 0.316. The lowest BCUT2D eigenvalue weighted by molar-refractivity contribution is 0.340. The summed E-state index contributed by atoms with van der Waals surface area (Å²) in [6.45, 7) is 8.97. The molecular weight excluding hydrogens is 304 g/mol. The molecule has 0 aliphatic heterocycles. The van der Waals surface area contributed by atoms with Gasteiger partial charge >= 0.3 is 0 Å². The van der Waals surface area contributed by atoms with Crippen LogP contribution in [0, 0.1) is 13.8 Å². The van der Waals surface area contributed by atoms with Crippen LogP contribution in [0.2, 0.25) is 0 Å². The third-order valence-electron chi connectivity index (χ3n) is 3.78. The van der Waals surface area contributed by atoms with E-state index in [2.05, 4.69) is 49.6 Å². The molecule has 0 bridgehead atoms. The molecule has 0 saturated carbocycles. The molecule has 0 aliphatic rings. The molecule has 0 spiro atoms. The Morgan fingerprint density at radius 3 is 2.61 bits per heavy atom. The summed E-state index contributed by atoms with van der Waals surface area (Å²) in [5, 5.41) is 7.13. The Hall–Kier alpha value is -2.07. The highest BCUT2D eigenvalue weighted by Gasteiger charge is 2.08. The molecule has 122 valence electrons. The highest BCUT2D eigenvalue weighted by molar-refractivity contribution is 7.80. The Morgan fingerprint density at radius 1 is 1.13 bits per heavy atom. The molecule has 0 fully saturated rings. The third kappa shape index (κ3) is 4.96. The first-order valence-electron chi connectivity index (χ1n) is 7.87. The minimum Gasteiger partial charge on any atom is -0.494 e. The van der Waals surface area contributed by atoms with E-state index in [4.69, 9.17) is 17.0 Å². The van der Waals surface area contributed by atoms with Gasteiger partial charge in [-0.1, -0.05) is 24.3 Å². The molecule has 2 aromatic carbocycles. The van der Waals surface area contributed by atoms with Gasteiger partial charge in [0.1, 0.15) is 5.75 Å². The van der Waals surface area contributed by atoms with Crippen LogP contribution in [-0.4, -0.2) is 11.7 Å². The van der Waals surface area contributed by atoms with Crippen molar-refractivity contribution in [2.24, 2.45) is 0 Å². The maximum absolute atomic E-state index is 5.50. The van der Waals surface area contributed by atoms with E-state index in [1.54, 1.807) is 0 Å². The molecule has 0 radical (unpaired) electrons. The van der Waals surface area contributed by atoms with Crippen LogP contribution in [0.5, 0.6) is 5.75 Å². The van der Waals surface area contributed by atoms with Crippen molar-refractivity contribution in [1.29, 1.82) is 0 Å². The number of rotatable bonds is 5. The van der Waals surface area contributed by atoms with Crippen molar-refractivity contribution >= 4 is 23.0 Å². The van der Waals surface area contributed by atoms with Crippen LogP contribution in [0.1, 0.15) is 36.6 Å². The van der Waals surface area contributed by atoms with E-state index in [1.165, 1.54) is 16.7 Å². The topological polar surface area (TPSA) is 33.3 Å². The van der Waals surface area contributed by atoms with Gasteiger partial charge in [-0.15, -0.1) is 0 Å². The minimum atomic E-state index is 0.143. The normalized spacial score (nSPS) is 11.7. The molecule has 1 atom stereocenters. The van der Waals surface area contributed by atoms with Gasteiger partial charge in [-0.25, -0.2) is 0 Å². The van der Waals surface area contributed by atoms with Crippen molar-refractivity contribution in [3.8, 4) is 5.75 Å². The zero-order chi connectivity index (χ0) is 16.8. The van der Waals surface area contributed by atoms with Gasteiger partial charge in [0.25, 0.3) is 0 Å². The quantitative estimate of drug-likeness (QED) is 0.776. The lowest BCUT2D eigenvalue weighted by Crippen LogP contribution is -2.30. The molecule has 4 heteroatoms. The molecule has 23 heavy (non-hydrogen) atoms. The summed E-state index contributed by atoms with van der Waals surface area (Å²) in [6.07, 6.45) is 0. The number of aryl methyl sites for hydroxylation is 2. The molecule has 0 heterocycles. The Balaban J connectivity index is 1.98. The van der Waals surface area contributed by atoms with E-state index < -0.39 is 0 Å². The van der Waals surface area contributed by atoms with Crippen LogP contribution >= 0.6 is 12.2 Å². The van der Waals surface area contributed by atoms with E-state index in [9.17, 15) is 0 Å². The van der Waals surface area contributed by atoms with Gasteiger partial charge in [0.15, 0.2) is 5.11 Å². The number of hydrogen-bond donors (Lipinski definition) is 2. The predicted octanol–water partition coefficient (Wildman–Crippen LogP) is 4.75. The average Bonchev–Trinajstić information content (AvgIpc) is 2.50. The van der Waals surface area contributed by atoms with Gasteiger partial charge in [-0.05, 0) is 68.7 Å². The summed E-state index contributed by atoms with van der Waals surface area (Å²) in [4.78, 5) is 0. The fourth-order valence-corrected chi connectivity index (χ4v) is 2.61. The molecule has 0 amide bonds. The SMILES string of the molecule is CCOc1cccc(NC(=S)NC(C)c2ccc(C)c(C)c2)c1. The zero-order valence-corrected chi connectivity index (χ0v) is 15.0. The molecule has 1 unspecified atom stereocenters. The zero-order valence-electron chi connectivity index (χ0n) is 14.1. The van der Waals surface area contributed by atoms with Crippen LogP contribution in [0.25, 0.3) is 0 Å². The Morgan fingerprint density at radius 2 is 1.91 bits per heavy atom. The number of nitrogens with one attached hydrogen (secondary N) is 2. The van der Waals surface area contributed by atoms with Gasteiger partial charge in [-0.3, -0.25) is 0 Å². The van der Waals surface area contributed by atoms with E-state index in [-0.39, 0.29) is 6.04 Å². The predicted molar refractivity (Wildman–Crippen MR) is 101 cm³/mol. The summed E-state index contributed by atoms with van der Waals surface area (Å²) in [7, 11) is 0. The number of hydrogen-bond acceptors (Lipinski definition) is 2. The van der Waals surface area contributed by atoms with E-state index in [0.717, 1.165) is 11.4 Å². The Labute approximate surface area is 144 Å². The summed E-state index contributed by atoms with van der Waals surface area (Å²) in [5.74, 6) is 0.836. The van der Waals surface area contributed by atoms with Crippen molar-refractivity contribution in [3.05, 3.63) is 59.2 Å². The fourth-order valence-electron chi connectivity index (χ4n) is 2.31. The molecule has 0 saturated heterocycles. The maximum Gasteiger partial charge on any atom is 0.171 e.